The summed E-state index contributed by atoms with van der Waals surface area (Å²) >= 11 is 0. The molecule has 8 heteroatoms. The van der Waals surface area contributed by atoms with Gasteiger partial charge in [0.1, 0.15) is 0 Å². The fourth-order valence-electron chi connectivity index (χ4n) is 1.82. The number of nitrogens with one attached hydrogen (secondary N) is 1. The van der Waals surface area contributed by atoms with Gasteiger partial charge in [0.05, 0.1) is 11.7 Å². The molecule has 1 heterocycles. The summed E-state index contributed by atoms with van der Waals surface area (Å²) in [5.41, 5.74) is 0.0320. The minimum absolute atomic E-state index is 0.0320. The summed E-state index contributed by atoms with van der Waals surface area (Å²) in [6.07, 6.45) is 0. The van der Waals surface area contributed by atoms with E-state index in [0.29, 0.717) is 11.7 Å². The van der Waals surface area contributed by atoms with Crippen LogP contribution in [-0.2, 0) is 0 Å². The lowest BCUT2D eigenvalue weighted by atomic mass is 10.2. The molecular weight excluding hydrogens is 283 g/mol. The quantitative estimate of drug-likeness (QED) is 0.861. The van der Waals surface area contributed by atoms with E-state index >= 15 is 0 Å². The largest absolute Gasteiger partial charge is 0.307 e. The van der Waals surface area contributed by atoms with Crippen LogP contribution in [0, 0.1) is 23.4 Å². The molecule has 0 fully saturated rings. The van der Waals surface area contributed by atoms with Crippen LogP contribution in [0.5, 0.6) is 0 Å². The predicted octanol–water partition coefficient (Wildman–Crippen LogP) is 2.39. The van der Waals surface area contributed by atoms with Crippen molar-refractivity contribution in [2.75, 3.05) is 6.54 Å². The maximum absolute atomic E-state index is 13.3. The number of halogens is 3. The van der Waals surface area contributed by atoms with Crippen molar-refractivity contribution >= 4 is 0 Å². The van der Waals surface area contributed by atoms with E-state index in [4.69, 9.17) is 0 Å². The lowest BCUT2D eigenvalue weighted by molar-refractivity contribution is 0.444. The second-order valence-corrected chi connectivity index (χ2v) is 5.20. The Hall–Kier alpha value is -1.96. The van der Waals surface area contributed by atoms with Crippen LogP contribution >= 0.6 is 0 Å². The summed E-state index contributed by atoms with van der Waals surface area (Å²) in [5.74, 6) is -3.26. The van der Waals surface area contributed by atoms with Crippen molar-refractivity contribution in [1.82, 2.24) is 25.5 Å². The number of nitrogens with zero attached hydrogens (tertiary/aromatic N) is 4. The molecule has 1 aromatic heterocycles. The Morgan fingerprint density at radius 1 is 1.14 bits per heavy atom. The van der Waals surface area contributed by atoms with Crippen LogP contribution in [-0.4, -0.2) is 26.8 Å². The average molecular weight is 299 g/mol. The van der Waals surface area contributed by atoms with Gasteiger partial charge in [0, 0.05) is 12.1 Å². The molecule has 0 spiro atoms. The summed E-state index contributed by atoms with van der Waals surface area (Å²) in [5, 5.41) is 14.3. The Bertz CT molecular complexity index is 603. The van der Waals surface area contributed by atoms with Gasteiger partial charge in [0.15, 0.2) is 23.3 Å². The first-order valence-electron chi connectivity index (χ1n) is 6.56. The van der Waals surface area contributed by atoms with Crippen molar-refractivity contribution in [2.24, 2.45) is 5.92 Å². The van der Waals surface area contributed by atoms with Crippen LogP contribution < -0.4 is 5.32 Å². The van der Waals surface area contributed by atoms with E-state index in [1.54, 1.807) is 0 Å². The van der Waals surface area contributed by atoms with Crippen LogP contribution in [0.4, 0.5) is 13.2 Å². The number of aromatic nitrogens is 4. The van der Waals surface area contributed by atoms with Crippen molar-refractivity contribution < 1.29 is 13.2 Å². The smallest absolute Gasteiger partial charge is 0.194 e. The second kappa shape index (κ2) is 6.21. The summed E-state index contributed by atoms with van der Waals surface area (Å²) in [7, 11) is 0. The van der Waals surface area contributed by atoms with Crippen molar-refractivity contribution in [3.05, 3.63) is 35.4 Å². The third kappa shape index (κ3) is 3.38. The van der Waals surface area contributed by atoms with Gasteiger partial charge < -0.3 is 5.32 Å². The normalized spacial score (nSPS) is 12.9. The van der Waals surface area contributed by atoms with Crippen LogP contribution in [0.25, 0.3) is 5.69 Å². The number of benzene rings is 1. The topological polar surface area (TPSA) is 55.6 Å². The minimum atomic E-state index is -1.51. The van der Waals surface area contributed by atoms with Gasteiger partial charge in [0.25, 0.3) is 0 Å². The molecule has 114 valence electrons. The van der Waals surface area contributed by atoms with Gasteiger partial charge in [-0.2, -0.15) is 4.68 Å². The maximum atomic E-state index is 13.3. The molecule has 1 N–H and O–H groups in total. The molecule has 0 bridgehead atoms. The highest BCUT2D eigenvalue weighted by molar-refractivity contribution is 5.33. The lowest BCUT2D eigenvalue weighted by Gasteiger charge is -2.15. The van der Waals surface area contributed by atoms with Gasteiger partial charge >= 0.3 is 0 Å². The molecule has 5 nitrogen and oxygen atoms in total. The molecule has 0 amide bonds. The van der Waals surface area contributed by atoms with Gasteiger partial charge in [-0.3, -0.25) is 0 Å². The van der Waals surface area contributed by atoms with Gasteiger partial charge in [-0.15, -0.1) is 5.10 Å². The molecule has 0 aliphatic heterocycles. The molecule has 0 saturated carbocycles. The summed E-state index contributed by atoms with van der Waals surface area (Å²) in [4.78, 5) is 0. The van der Waals surface area contributed by atoms with Gasteiger partial charge in [-0.1, -0.05) is 13.8 Å². The zero-order chi connectivity index (χ0) is 15.6. The molecule has 2 rings (SSSR count). The van der Waals surface area contributed by atoms with Crippen molar-refractivity contribution in [3.8, 4) is 5.69 Å². The highest BCUT2D eigenvalue weighted by Gasteiger charge is 2.18. The van der Waals surface area contributed by atoms with E-state index < -0.39 is 17.5 Å². The van der Waals surface area contributed by atoms with E-state index in [-0.39, 0.29) is 11.7 Å². The molecular formula is C13H16F3N5. The predicted molar refractivity (Wildman–Crippen MR) is 70.3 cm³/mol. The Morgan fingerprint density at radius 2 is 1.76 bits per heavy atom. The fraction of sp³-hybridized carbons (Fsp3) is 0.462. The summed E-state index contributed by atoms with van der Waals surface area (Å²) in [6, 6.07) is 1.49. The number of hydrogen-bond donors (Lipinski definition) is 1. The standard InChI is InChI=1S/C13H16F3N5/c1-7(2)6-17-8(3)13-18-19-20-21(13)9-4-10(14)12(16)11(15)5-9/h4-5,7-8,17H,6H2,1-3H3. The first kappa shape index (κ1) is 15.4. The van der Waals surface area contributed by atoms with E-state index in [2.05, 4.69) is 20.8 Å². The molecule has 1 unspecified atom stereocenters. The van der Waals surface area contributed by atoms with Crippen molar-refractivity contribution in [2.45, 2.75) is 26.8 Å². The number of hydrogen-bond acceptors (Lipinski definition) is 4. The Kier molecular flexibility index (Phi) is 4.56. The van der Waals surface area contributed by atoms with Gasteiger partial charge in [-0.05, 0) is 29.8 Å². The molecule has 0 aliphatic carbocycles. The van der Waals surface area contributed by atoms with Crippen LogP contribution in [0.2, 0.25) is 0 Å². The maximum Gasteiger partial charge on any atom is 0.194 e. The highest BCUT2D eigenvalue weighted by atomic mass is 19.2. The molecule has 0 saturated heterocycles. The lowest BCUT2D eigenvalue weighted by Crippen LogP contribution is -2.25. The van der Waals surface area contributed by atoms with Gasteiger partial charge in [-0.25, -0.2) is 13.2 Å². The Morgan fingerprint density at radius 3 is 2.33 bits per heavy atom. The molecule has 1 aromatic carbocycles. The van der Waals surface area contributed by atoms with Crippen molar-refractivity contribution in [1.29, 1.82) is 0 Å². The molecule has 21 heavy (non-hydrogen) atoms. The SMILES string of the molecule is CC(C)CNC(C)c1nnnn1-c1cc(F)c(F)c(F)c1. The number of tetrazole rings is 1. The van der Waals surface area contributed by atoms with Gasteiger partial charge in [0.2, 0.25) is 0 Å². The highest BCUT2D eigenvalue weighted by Crippen LogP contribution is 2.19. The number of rotatable bonds is 5. The monoisotopic (exact) mass is 299 g/mol. The first-order chi connectivity index (χ1) is 9.90. The van der Waals surface area contributed by atoms with E-state index in [9.17, 15) is 13.2 Å². The van der Waals surface area contributed by atoms with Crippen LogP contribution in [0.1, 0.15) is 32.6 Å². The van der Waals surface area contributed by atoms with E-state index in [0.717, 1.165) is 18.7 Å². The second-order valence-electron chi connectivity index (χ2n) is 5.20. The fourth-order valence-corrected chi connectivity index (χ4v) is 1.82. The Balaban J connectivity index is 2.32. The molecule has 0 aliphatic rings. The third-order valence-corrected chi connectivity index (χ3v) is 2.93. The summed E-state index contributed by atoms with van der Waals surface area (Å²) < 4.78 is 40.8. The molecule has 0 radical (unpaired) electrons. The third-order valence-electron chi connectivity index (χ3n) is 2.93. The molecule has 1 atom stereocenters. The van der Waals surface area contributed by atoms with E-state index in [1.165, 1.54) is 4.68 Å². The Labute approximate surface area is 120 Å². The van der Waals surface area contributed by atoms with Crippen LogP contribution in [0.15, 0.2) is 12.1 Å². The minimum Gasteiger partial charge on any atom is -0.307 e. The zero-order valence-corrected chi connectivity index (χ0v) is 11.9. The zero-order valence-electron chi connectivity index (χ0n) is 11.9. The van der Waals surface area contributed by atoms with Crippen LogP contribution in [0.3, 0.4) is 0 Å². The van der Waals surface area contributed by atoms with Crippen molar-refractivity contribution in [3.63, 3.8) is 0 Å². The average Bonchev–Trinajstić information content (AvgIpc) is 2.91. The summed E-state index contributed by atoms with van der Waals surface area (Å²) in [6.45, 7) is 6.67. The molecule has 2 aromatic rings. The first-order valence-corrected chi connectivity index (χ1v) is 6.56. The van der Waals surface area contributed by atoms with E-state index in [1.807, 2.05) is 20.8 Å².